The van der Waals surface area contributed by atoms with Crippen molar-refractivity contribution < 1.29 is 14.4 Å². The van der Waals surface area contributed by atoms with E-state index >= 15 is 0 Å². The van der Waals surface area contributed by atoms with Gasteiger partial charge in [0.2, 0.25) is 5.91 Å². The number of hydrogen-bond donors (Lipinski definition) is 3. The van der Waals surface area contributed by atoms with E-state index in [-0.39, 0.29) is 31.2 Å². The van der Waals surface area contributed by atoms with Crippen LogP contribution in [0.25, 0.3) is 10.9 Å². The van der Waals surface area contributed by atoms with Crippen LogP contribution in [0.2, 0.25) is 0 Å². The molecule has 0 aliphatic carbocycles. The van der Waals surface area contributed by atoms with E-state index < -0.39 is 12.1 Å². The maximum absolute atomic E-state index is 12.5. The van der Waals surface area contributed by atoms with Crippen LogP contribution in [0.1, 0.15) is 18.4 Å². The second-order valence-electron chi connectivity index (χ2n) is 6.74. The number of nitrogens with zero attached hydrogens (tertiary/aromatic N) is 1. The number of hydrogen-bond acceptors (Lipinski definition) is 3. The number of nitrogens with one attached hydrogen (secondary N) is 3. The van der Waals surface area contributed by atoms with Gasteiger partial charge in [0, 0.05) is 23.5 Å². The van der Waals surface area contributed by atoms with Crippen LogP contribution in [-0.2, 0) is 16.1 Å². The van der Waals surface area contributed by atoms with E-state index in [4.69, 9.17) is 0 Å². The number of urea groups is 1. The number of carbonyl (C=O) groups is 3. The number of fused-ring (bicyclic) bond motifs is 1. The molecule has 2 aromatic carbocycles. The van der Waals surface area contributed by atoms with E-state index in [1.165, 1.54) is 4.90 Å². The van der Waals surface area contributed by atoms with Crippen LogP contribution < -0.4 is 10.6 Å². The van der Waals surface area contributed by atoms with Crippen LogP contribution >= 0.6 is 0 Å². The van der Waals surface area contributed by atoms with Gasteiger partial charge in [0.1, 0.15) is 6.04 Å². The molecule has 1 unspecified atom stereocenters. The first kappa shape index (κ1) is 17.8. The zero-order valence-electron chi connectivity index (χ0n) is 15.1. The topological polar surface area (TPSA) is 94.3 Å². The van der Waals surface area contributed by atoms with E-state index in [1.807, 2.05) is 60.8 Å². The third-order valence-electron chi connectivity index (χ3n) is 4.82. The van der Waals surface area contributed by atoms with Gasteiger partial charge in [-0.15, -0.1) is 0 Å². The Balaban J connectivity index is 1.34. The Labute approximate surface area is 161 Å². The summed E-state index contributed by atoms with van der Waals surface area (Å²) in [5.41, 5.74) is 2.54. The number of amides is 4. The summed E-state index contributed by atoms with van der Waals surface area (Å²) in [6.45, 7) is 0.226. The molecule has 3 aromatic rings. The Morgan fingerprint density at radius 1 is 1.04 bits per heavy atom. The Hall–Kier alpha value is -3.61. The number of rotatable bonds is 6. The highest BCUT2D eigenvalue weighted by molar-refractivity contribution is 6.05. The number of anilines is 1. The molecular weight excluding hydrogens is 356 g/mol. The number of aromatic amines is 1. The fourth-order valence-corrected chi connectivity index (χ4v) is 3.37. The Bertz CT molecular complexity index is 1030. The van der Waals surface area contributed by atoms with Crippen LogP contribution in [0.4, 0.5) is 10.5 Å². The van der Waals surface area contributed by atoms with E-state index in [0.29, 0.717) is 0 Å². The first-order chi connectivity index (χ1) is 13.6. The first-order valence-corrected chi connectivity index (χ1v) is 9.13. The van der Waals surface area contributed by atoms with Gasteiger partial charge in [0.25, 0.3) is 5.91 Å². The SMILES string of the molecule is O=C(CCC1NC(=O)N(Cc2ccccc2)C1=O)Nc1cccc2[nH]ccc12. The number of carbonyl (C=O) groups excluding carboxylic acids is 3. The third-order valence-corrected chi connectivity index (χ3v) is 4.82. The number of aromatic nitrogens is 1. The molecule has 0 radical (unpaired) electrons. The van der Waals surface area contributed by atoms with Crippen molar-refractivity contribution in [3.05, 3.63) is 66.4 Å². The largest absolute Gasteiger partial charge is 0.361 e. The zero-order valence-corrected chi connectivity index (χ0v) is 15.1. The van der Waals surface area contributed by atoms with Crippen molar-refractivity contribution in [3.63, 3.8) is 0 Å². The lowest BCUT2D eigenvalue weighted by atomic mass is 10.1. The monoisotopic (exact) mass is 376 g/mol. The van der Waals surface area contributed by atoms with Gasteiger partial charge in [-0.2, -0.15) is 0 Å². The van der Waals surface area contributed by atoms with E-state index in [1.54, 1.807) is 0 Å². The molecule has 3 N–H and O–H groups in total. The summed E-state index contributed by atoms with van der Waals surface area (Å²) in [6, 6.07) is 15.8. The molecule has 0 saturated carbocycles. The molecule has 1 aliphatic rings. The van der Waals surface area contributed by atoms with Gasteiger partial charge in [0.05, 0.1) is 12.2 Å². The summed E-state index contributed by atoms with van der Waals surface area (Å²) in [4.78, 5) is 41.3. The molecule has 0 bridgehead atoms. The van der Waals surface area contributed by atoms with Crippen LogP contribution in [0, 0.1) is 0 Å². The summed E-state index contributed by atoms with van der Waals surface area (Å²) < 4.78 is 0. The van der Waals surface area contributed by atoms with E-state index in [0.717, 1.165) is 22.2 Å². The molecule has 1 aromatic heterocycles. The minimum atomic E-state index is -0.676. The lowest BCUT2D eigenvalue weighted by molar-refractivity contribution is -0.128. The number of H-pyrrole nitrogens is 1. The van der Waals surface area contributed by atoms with Crippen molar-refractivity contribution in [1.29, 1.82) is 0 Å². The molecular formula is C21H20N4O3. The highest BCUT2D eigenvalue weighted by Crippen LogP contribution is 2.22. The van der Waals surface area contributed by atoms with Crippen molar-refractivity contribution in [2.45, 2.75) is 25.4 Å². The summed E-state index contributed by atoms with van der Waals surface area (Å²) in [7, 11) is 0. The van der Waals surface area contributed by atoms with Crippen molar-refractivity contribution in [3.8, 4) is 0 Å². The van der Waals surface area contributed by atoms with Crippen molar-refractivity contribution in [2.75, 3.05) is 5.32 Å². The van der Waals surface area contributed by atoms with Gasteiger partial charge in [-0.25, -0.2) is 4.79 Å². The second-order valence-corrected chi connectivity index (χ2v) is 6.74. The predicted octanol–water partition coefficient (Wildman–Crippen LogP) is 3.01. The van der Waals surface area contributed by atoms with Crippen LogP contribution in [-0.4, -0.2) is 33.8 Å². The van der Waals surface area contributed by atoms with Crippen molar-refractivity contribution >= 4 is 34.4 Å². The molecule has 7 heteroatoms. The molecule has 1 fully saturated rings. The molecule has 0 spiro atoms. The summed E-state index contributed by atoms with van der Waals surface area (Å²) in [5, 5.41) is 6.47. The Morgan fingerprint density at radius 3 is 2.68 bits per heavy atom. The fraction of sp³-hybridized carbons (Fsp3) is 0.190. The minimum absolute atomic E-state index is 0.136. The number of imide groups is 1. The first-order valence-electron chi connectivity index (χ1n) is 9.13. The van der Waals surface area contributed by atoms with E-state index in [2.05, 4.69) is 15.6 Å². The van der Waals surface area contributed by atoms with Gasteiger partial charge in [-0.3, -0.25) is 14.5 Å². The molecule has 142 valence electrons. The van der Waals surface area contributed by atoms with Gasteiger partial charge in [0.15, 0.2) is 0 Å². The molecule has 1 atom stereocenters. The molecule has 1 aliphatic heterocycles. The smallest absolute Gasteiger partial charge is 0.325 e. The van der Waals surface area contributed by atoms with Gasteiger partial charge in [-0.1, -0.05) is 36.4 Å². The Kier molecular flexibility index (Phi) is 4.80. The number of benzene rings is 2. The van der Waals surface area contributed by atoms with E-state index in [9.17, 15) is 14.4 Å². The van der Waals surface area contributed by atoms with Crippen LogP contribution in [0.15, 0.2) is 60.8 Å². The van der Waals surface area contributed by atoms with Crippen molar-refractivity contribution in [1.82, 2.24) is 15.2 Å². The normalized spacial score (nSPS) is 16.4. The maximum atomic E-state index is 12.5. The average molecular weight is 376 g/mol. The van der Waals surface area contributed by atoms with Crippen LogP contribution in [0.5, 0.6) is 0 Å². The second kappa shape index (κ2) is 7.56. The minimum Gasteiger partial charge on any atom is -0.361 e. The molecule has 4 amide bonds. The summed E-state index contributed by atoms with van der Waals surface area (Å²) in [5.74, 6) is -0.494. The van der Waals surface area contributed by atoms with Gasteiger partial charge < -0.3 is 15.6 Å². The predicted molar refractivity (Wildman–Crippen MR) is 105 cm³/mol. The molecule has 28 heavy (non-hydrogen) atoms. The summed E-state index contributed by atoms with van der Waals surface area (Å²) in [6.07, 6.45) is 2.20. The highest BCUT2D eigenvalue weighted by atomic mass is 16.2. The maximum Gasteiger partial charge on any atom is 0.325 e. The van der Waals surface area contributed by atoms with Gasteiger partial charge >= 0.3 is 6.03 Å². The quantitative estimate of drug-likeness (QED) is 0.577. The lowest BCUT2D eigenvalue weighted by Crippen LogP contribution is -2.31. The standard InChI is InChI=1S/C21H20N4O3/c26-19(23-17-8-4-7-16-15(17)11-12-22-16)10-9-18-20(27)25(21(28)24-18)13-14-5-2-1-3-6-14/h1-8,11-12,18,22H,9-10,13H2,(H,23,26)(H,24,28). The van der Waals surface area contributed by atoms with Crippen LogP contribution in [0.3, 0.4) is 0 Å². The highest BCUT2D eigenvalue weighted by Gasteiger charge is 2.37. The molecule has 4 rings (SSSR count). The van der Waals surface area contributed by atoms with Crippen molar-refractivity contribution in [2.24, 2.45) is 0 Å². The zero-order chi connectivity index (χ0) is 19.5. The lowest BCUT2D eigenvalue weighted by Gasteiger charge is -2.13. The Morgan fingerprint density at radius 2 is 1.86 bits per heavy atom. The average Bonchev–Trinajstić information content (AvgIpc) is 3.28. The molecule has 2 heterocycles. The summed E-state index contributed by atoms with van der Waals surface area (Å²) >= 11 is 0. The molecule has 7 nitrogen and oxygen atoms in total. The van der Waals surface area contributed by atoms with Gasteiger partial charge in [-0.05, 0) is 30.2 Å². The fourth-order valence-electron chi connectivity index (χ4n) is 3.37. The third kappa shape index (κ3) is 3.59. The molecule has 1 saturated heterocycles.